The van der Waals surface area contributed by atoms with Crippen LogP contribution in [0.2, 0.25) is 0 Å². The first kappa shape index (κ1) is 32.2. The highest BCUT2D eigenvalue weighted by Gasteiger charge is 2.25. The van der Waals surface area contributed by atoms with E-state index in [1.165, 1.54) is 12.1 Å². The van der Waals surface area contributed by atoms with Crippen molar-refractivity contribution < 1.29 is 18.8 Å². The van der Waals surface area contributed by atoms with Gasteiger partial charge in [-0.2, -0.15) is 0 Å². The predicted octanol–water partition coefficient (Wildman–Crippen LogP) is 5.73. The molecule has 0 bridgehead atoms. The molecule has 1 heterocycles. The molecule has 3 amide bonds. The molecule has 0 aromatic heterocycles. The number of carbonyl (C=O) groups is 3. The molecule has 0 spiro atoms. The predicted molar refractivity (Wildman–Crippen MR) is 176 cm³/mol. The van der Waals surface area contributed by atoms with E-state index in [0.717, 1.165) is 36.9 Å². The highest BCUT2D eigenvalue weighted by Crippen LogP contribution is 2.30. The number of anilines is 2. The van der Waals surface area contributed by atoms with E-state index in [0.29, 0.717) is 55.0 Å². The third-order valence-electron chi connectivity index (χ3n) is 8.82. The van der Waals surface area contributed by atoms with E-state index >= 15 is 0 Å². The third-order valence-corrected chi connectivity index (χ3v) is 8.82. The van der Waals surface area contributed by atoms with E-state index in [2.05, 4.69) is 36.3 Å². The number of rotatable bonds is 6. The molecule has 0 atom stereocenters. The van der Waals surface area contributed by atoms with Crippen LogP contribution in [-0.2, 0) is 5.41 Å². The van der Waals surface area contributed by atoms with Gasteiger partial charge in [0.15, 0.2) is 0 Å². The molecule has 1 saturated heterocycles. The van der Waals surface area contributed by atoms with Crippen LogP contribution in [0.1, 0.15) is 89.5 Å². The number of nitrogens with one attached hydrogen (secondary N) is 2. The van der Waals surface area contributed by atoms with Crippen LogP contribution in [0.3, 0.4) is 0 Å². The monoisotopic (exact) mass is 613 g/mol. The van der Waals surface area contributed by atoms with Crippen molar-refractivity contribution in [3.05, 3.63) is 94.8 Å². The number of nitrogens with two attached hydrogens (primary N) is 1. The van der Waals surface area contributed by atoms with E-state index in [1.54, 1.807) is 29.2 Å². The van der Waals surface area contributed by atoms with Gasteiger partial charge in [-0.1, -0.05) is 39.0 Å². The lowest BCUT2D eigenvalue weighted by atomic mass is 9.86. The fourth-order valence-electron chi connectivity index (χ4n) is 6.07. The summed E-state index contributed by atoms with van der Waals surface area (Å²) in [5.41, 5.74) is 9.75. The summed E-state index contributed by atoms with van der Waals surface area (Å²) >= 11 is 0. The summed E-state index contributed by atoms with van der Waals surface area (Å²) in [6.45, 7) is 8.49. The van der Waals surface area contributed by atoms with E-state index in [4.69, 9.17) is 5.73 Å². The lowest BCUT2D eigenvalue weighted by Crippen LogP contribution is -2.40. The normalized spacial score (nSPS) is 19.0. The summed E-state index contributed by atoms with van der Waals surface area (Å²) in [6, 6.07) is 19.0. The summed E-state index contributed by atoms with van der Waals surface area (Å²) < 4.78 is 13.8. The van der Waals surface area contributed by atoms with E-state index in [-0.39, 0.29) is 35.2 Å². The zero-order valence-corrected chi connectivity index (χ0v) is 26.4. The maximum atomic E-state index is 13.8. The number of nitrogens with zero attached hydrogens (tertiary/aromatic N) is 2. The van der Waals surface area contributed by atoms with Crippen molar-refractivity contribution in [2.45, 2.75) is 70.4 Å². The van der Waals surface area contributed by atoms with Crippen LogP contribution in [0.25, 0.3) is 0 Å². The molecule has 0 unspecified atom stereocenters. The molecular weight excluding hydrogens is 569 g/mol. The van der Waals surface area contributed by atoms with Crippen molar-refractivity contribution in [2.75, 3.05) is 36.4 Å². The van der Waals surface area contributed by atoms with E-state index in [9.17, 15) is 18.8 Å². The topological polar surface area (TPSA) is 108 Å². The molecule has 2 fully saturated rings. The number of benzene rings is 3. The second kappa shape index (κ2) is 13.8. The molecule has 2 aliphatic rings. The quantitative estimate of drug-likeness (QED) is 0.329. The van der Waals surface area contributed by atoms with Crippen molar-refractivity contribution in [2.24, 2.45) is 5.73 Å². The highest BCUT2D eigenvalue weighted by atomic mass is 19.1. The van der Waals surface area contributed by atoms with Gasteiger partial charge in [0, 0.05) is 55.0 Å². The molecule has 0 radical (unpaired) electrons. The van der Waals surface area contributed by atoms with Crippen LogP contribution in [0.4, 0.5) is 15.8 Å². The lowest BCUT2D eigenvalue weighted by molar-refractivity contribution is 0.0766. The zero-order chi connectivity index (χ0) is 32.1. The SMILES string of the molecule is CC(C)(C)c1ccc(C(=O)Nc2cc(C(=O)NC3CCC(N)CC3)ccc2N2CCCN(C(=O)c3cccc(F)c3)CC2)cc1. The van der Waals surface area contributed by atoms with Crippen LogP contribution in [0, 0.1) is 5.82 Å². The second-order valence-corrected chi connectivity index (χ2v) is 13.2. The van der Waals surface area contributed by atoms with Crippen molar-refractivity contribution in [1.29, 1.82) is 0 Å². The molecule has 8 nitrogen and oxygen atoms in total. The minimum atomic E-state index is -0.443. The standard InChI is InChI=1S/C36H44FN5O3/c1-36(2,3)27-11-8-24(9-12-27)33(43)40-31-23-25(34(44)39-30-15-13-29(38)14-16-30)10-17-32(31)41-18-5-19-42(21-20-41)35(45)26-6-4-7-28(37)22-26/h4,6-12,17,22-23,29-30H,5,13-16,18-21,38H2,1-3H3,(H,39,44)(H,40,43). The van der Waals surface area contributed by atoms with Crippen LogP contribution in [0.15, 0.2) is 66.7 Å². The van der Waals surface area contributed by atoms with Gasteiger partial charge >= 0.3 is 0 Å². The van der Waals surface area contributed by atoms with Gasteiger partial charge in [-0.3, -0.25) is 14.4 Å². The lowest BCUT2D eigenvalue weighted by Gasteiger charge is -2.28. The van der Waals surface area contributed by atoms with Gasteiger partial charge in [0.1, 0.15) is 5.82 Å². The van der Waals surface area contributed by atoms with Crippen LogP contribution in [0.5, 0.6) is 0 Å². The summed E-state index contributed by atoms with van der Waals surface area (Å²) in [6.07, 6.45) is 4.14. The van der Waals surface area contributed by atoms with Crippen molar-refractivity contribution in [1.82, 2.24) is 10.2 Å². The van der Waals surface area contributed by atoms with Crippen molar-refractivity contribution >= 4 is 29.1 Å². The summed E-state index contributed by atoms with van der Waals surface area (Å²) in [7, 11) is 0. The Bertz CT molecular complexity index is 1530. The van der Waals surface area contributed by atoms with Crippen LogP contribution < -0.4 is 21.3 Å². The van der Waals surface area contributed by atoms with Crippen LogP contribution >= 0.6 is 0 Å². The van der Waals surface area contributed by atoms with E-state index in [1.807, 2.05) is 30.3 Å². The molecule has 1 aliphatic carbocycles. The largest absolute Gasteiger partial charge is 0.368 e. The average Bonchev–Trinajstić information content (AvgIpc) is 3.28. The first-order chi connectivity index (χ1) is 21.5. The maximum Gasteiger partial charge on any atom is 0.255 e. The minimum absolute atomic E-state index is 0.0377. The molecule has 4 N–H and O–H groups in total. The molecule has 1 aliphatic heterocycles. The van der Waals surface area contributed by atoms with Gasteiger partial charge in [0.25, 0.3) is 17.7 Å². The van der Waals surface area contributed by atoms with Crippen molar-refractivity contribution in [3.63, 3.8) is 0 Å². The molecule has 45 heavy (non-hydrogen) atoms. The Morgan fingerprint density at radius 2 is 1.51 bits per heavy atom. The number of halogens is 1. The molecule has 1 saturated carbocycles. The fourth-order valence-corrected chi connectivity index (χ4v) is 6.07. The summed E-state index contributed by atoms with van der Waals surface area (Å²) in [4.78, 5) is 43.8. The molecule has 5 rings (SSSR count). The minimum Gasteiger partial charge on any atom is -0.368 e. The Labute approximate surface area is 265 Å². The first-order valence-corrected chi connectivity index (χ1v) is 15.9. The number of hydrogen-bond donors (Lipinski definition) is 3. The number of amides is 3. The van der Waals surface area contributed by atoms with Crippen LogP contribution in [-0.4, -0.2) is 60.9 Å². The van der Waals surface area contributed by atoms with Gasteiger partial charge in [-0.25, -0.2) is 4.39 Å². The van der Waals surface area contributed by atoms with Crippen molar-refractivity contribution in [3.8, 4) is 0 Å². The average molecular weight is 614 g/mol. The van der Waals surface area contributed by atoms with Gasteiger partial charge in [-0.15, -0.1) is 0 Å². The van der Waals surface area contributed by atoms with Gasteiger partial charge in [0.2, 0.25) is 0 Å². The van der Waals surface area contributed by atoms with Gasteiger partial charge in [0.05, 0.1) is 11.4 Å². The van der Waals surface area contributed by atoms with Gasteiger partial charge in [-0.05, 0) is 91.6 Å². The Hall–Kier alpha value is -4.24. The molecule has 238 valence electrons. The Morgan fingerprint density at radius 3 is 2.20 bits per heavy atom. The summed E-state index contributed by atoms with van der Waals surface area (Å²) in [5.74, 6) is -1.11. The number of carbonyl (C=O) groups excluding carboxylic acids is 3. The second-order valence-electron chi connectivity index (χ2n) is 13.2. The Morgan fingerprint density at radius 1 is 0.800 bits per heavy atom. The molecular formula is C36H44FN5O3. The summed E-state index contributed by atoms with van der Waals surface area (Å²) in [5, 5.41) is 6.22. The first-order valence-electron chi connectivity index (χ1n) is 15.9. The fraction of sp³-hybridized carbons (Fsp3) is 0.417. The zero-order valence-electron chi connectivity index (χ0n) is 26.4. The maximum absolute atomic E-state index is 13.8. The highest BCUT2D eigenvalue weighted by molar-refractivity contribution is 6.07. The Kier molecular flexibility index (Phi) is 9.87. The molecule has 3 aromatic carbocycles. The number of hydrogen-bond acceptors (Lipinski definition) is 5. The smallest absolute Gasteiger partial charge is 0.255 e. The molecule has 3 aromatic rings. The van der Waals surface area contributed by atoms with E-state index < -0.39 is 5.82 Å². The van der Waals surface area contributed by atoms with Gasteiger partial charge < -0.3 is 26.2 Å². The third kappa shape index (κ3) is 8.08. The molecule has 9 heteroatoms. The Balaban J connectivity index is 1.37.